The smallest absolute Gasteiger partial charge is 0.266 e. The summed E-state index contributed by atoms with van der Waals surface area (Å²) in [6.45, 7) is 1.38. The number of rotatable bonds is 4. The van der Waals surface area contributed by atoms with Crippen molar-refractivity contribution in [3.8, 4) is 11.3 Å². The first-order chi connectivity index (χ1) is 14.2. The molecule has 0 bridgehead atoms. The molecule has 1 saturated heterocycles. The molecule has 0 aromatic carbocycles. The number of hydrogen-bond donors (Lipinski definition) is 0. The van der Waals surface area contributed by atoms with Gasteiger partial charge >= 0.3 is 0 Å². The minimum absolute atomic E-state index is 0.108. The fourth-order valence-electron chi connectivity index (χ4n) is 3.94. The molecule has 9 nitrogen and oxygen atoms in total. The minimum atomic E-state index is -0.108. The normalized spacial score (nSPS) is 16.6. The Morgan fingerprint density at radius 1 is 1.14 bits per heavy atom. The van der Waals surface area contributed by atoms with Gasteiger partial charge in [-0.1, -0.05) is 0 Å². The minimum Gasteiger partial charge on any atom is -0.351 e. The molecule has 5 heterocycles. The van der Waals surface area contributed by atoms with E-state index in [1.54, 1.807) is 46.4 Å². The molecule has 1 fully saturated rings. The third kappa shape index (κ3) is 3.14. The zero-order valence-electron chi connectivity index (χ0n) is 16.0. The summed E-state index contributed by atoms with van der Waals surface area (Å²) < 4.78 is 3.30. The molecular weight excluding hydrogens is 368 g/mol. The Morgan fingerprint density at radius 3 is 2.86 bits per heavy atom. The van der Waals surface area contributed by atoms with Gasteiger partial charge in [0, 0.05) is 37.6 Å². The van der Waals surface area contributed by atoms with Crippen LogP contribution in [-0.2, 0) is 13.6 Å². The molecule has 4 aromatic rings. The molecule has 29 heavy (non-hydrogen) atoms. The summed E-state index contributed by atoms with van der Waals surface area (Å²) >= 11 is 0. The van der Waals surface area contributed by atoms with E-state index in [1.807, 2.05) is 19.2 Å². The Bertz CT molecular complexity index is 1220. The van der Waals surface area contributed by atoms with E-state index in [4.69, 9.17) is 0 Å². The van der Waals surface area contributed by atoms with Crippen LogP contribution in [0.25, 0.3) is 22.3 Å². The summed E-state index contributed by atoms with van der Waals surface area (Å²) in [6.07, 6.45) is 8.82. The zero-order chi connectivity index (χ0) is 19.8. The summed E-state index contributed by atoms with van der Waals surface area (Å²) in [5, 5.41) is 9.84. The van der Waals surface area contributed by atoms with Gasteiger partial charge in [-0.3, -0.25) is 14.5 Å². The second kappa shape index (κ2) is 7.08. The van der Waals surface area contributed by atoms with E-state index in [9.17, 15) is 4.79 Å². The first kappa shape index (κ1) is 17.5. The molecule has 146 valence electrons. The van der Waals surface area contributed by atoms with Gasteiger partial charge in [-0.25, -0.2) is 14.6 Å². The van der Waals surface area contributed by atoms with Gasteiger partial charge in [-0.05, 0) is 31.0 Å². The van der Waals surface area contributed by atoms with E-state index in [2.05, 4.69) is 30.0 Å². The summed E-state index contributed by atoms with van der Waals surface area (Å²) in [6, 6.07) is 7.24. The highest BCUT2D eigenvalue weighted by atomic mass is 16.1. The SMILES string of the molecule is Cn1ncc2c(N3CCCC3Cn3nc(-c4ccncc4)ccc3=O)ncnc21. The number of nitrogens with zero attached hydrogens (tertiary/aromatic N) is 8. The van der Waals surface area contributed by atoms with Gasteiger partial charge in [-0.15, -0.1) is 0 Å². The van der Waals surface area contributed by atoms with E-state index in [0.717, 1.165) is 47.5 Å². The summed E-state index contributed by atoms with van der Waals surface area (Å²) in [4.78, 5) is 27.6. The fraction of sp³-hybridized carbons (Fsp3) is 0.300. The van der Waals surface area contributed by atoms with Crippen LogP contribution >= 0.6 is 0 Å². The lowest BCUT2D eigenvalue weighted by Gasteiger charge is -2.26. The van der Waals surface area contributed by atoms with Crippen LogP contribution in [0, 0.1) is 0 Å². The van der Waals surface area contributed by atoms with Gasteiger partial charge in [0.05, 0.1) is 29.9 Å². The first-order valence-corrected chi connectivity index (χ1v) is 9.58. The lowest BCUT2D eigenvalue weighted by molar-refractivity contribution is 0.489. The highest BCUT2D eigenvalue weighted by Crippen LogP contribution is 2.29. The monoisotopic (exact) mass is 388 g/mol. The van der Waals surface area contributed by atoms with Crippen molar-refractivity contribution in [2.45, 2.75) is 25.4 Å². The topological polar surface area (TPSA) is 94.6 Å². The van der Waals surface area contributed by atoms with Gasteiger partial charge in [0.15, 0.2) is 5.65 Å². The van der Waals surface area contributed by atoms with Gasteiger partial charge in [-0.2, -0.15) is 10.2 Å². The van der Waals surface area contributed by atoms with E-state index >= 15 is 0 Å². The molecule has 4 aromatic heterocycles. The maximum atomic E-state index is 12.5. The van der Waals surface area contributed by atoms with E-state index in [1.165, 1.54) is 0 Å². The van der Waals surface area contributed by atoms with Crippen LogP contribution in [0.3, 0.4) is 0 Å². The Balaban J connectivity index is 1.48. The second-order valence-corrected chi connectivity index (χ2v) is 7.17. The lowest BCUT2D eigenvalue weighted by atomic mass is 10.2. The molecule has 1 aliphatic heterocycles. The lowest BCUT2D eigenvalue weighted by Crippen LogP contribution is -2.37. The van der Waals surface area contributed by atoms with Crippen LogP contribution in [0.5, 0.6) is 0 Å². The Morgan fingerprint density at radius 2 is 2.00 bits per heavy atom. The second-order valence-electron chi connectivity index (χ2n) is 7.17. The maximum absolute atomic E-state index is 12.5. The molecular formula is C20H20N8O. The quantitative estimate of drug-likeness (QED) is 0.525. The standard InChI is InChI=1S/C20H20N8O/c1-26-19-16(11-24-26)20(23-13-22-19)27-10-2-3-15(27)12-28-18(29)5-4-17(25-28)14-6-8-21-9-7-14/h4-9,11,13,15H,2-3,10,12H2,1H3. The zero-order valence-corrected chi connectivity index (χ0v) is 16.0. The highest BCUT2D eigenvalue weighted by Gasteiger charge is 2.28. The van der Waals surface area contributed by atoms with Gasteiger partial charge in [0.2, 0.25) is 0 Å². The average Bonchev–Trinajstić information content (AvgIpc) is 3.37. The Labute approximate surface area is 166 Å². The molecule has 0 aliphatic carbocycles. The van der Waals surface area contributed by atoms with E-state index < -0.39 is 0 Å². The molecule has 1 aliphatic rings. The van der Waals surface area contributed by atoms with Crippen molar-refractivity contribution in [2.24, 2.45) is 7.05 Å². The molecule has 0 saturated carbocycles. The number of aryl methyl sites for hydroxylation is 1. The Kier molecular flexibility index (Phi) is 4.27. The van der Waals surface area contributed by atoms with Crippen molar-refractivity contribution in [3.63, 3.8) is 0 Å². The van der Waals surface area contributed by atoms with Crippen LogP contribution in [0.2, 0.25) is 0 Å². The summed E-state index contributed by atoms with van der Waals surface area (Å²) in [5.74, 6) is 0.865. The number of anilines is 1. The van der Waals surface area contributed by atoms with Crippen molar-refractivity contribution in [1.82, 2.24) is 34.5 Å². The van der Waals surface area contributed by atoms with Crippen LogP contribution in [0.15, 0.2) is 54.0 Å². The van der Waals surface area contributed by atoms with Crippen LogP contribution in [-0.4, -0.2) is 47.1 Å². The van der Waals surface area contributed by atoms with Crippen molar-refractivity contribution in [3.05, 3.63) is 59.5 Å². The van der Waals surface area contributed by atoms with Crippen molar-refractivity contribution < 1.29 is 0 Å². The van der Waals surface area contributed by atoms with E-state index in [0.29, 0.717) is 6.54 Å². The molecule has 5 rings (SSSR count). The fourth-order valence-corrected chi connectivity index (χ4v) is 3.94. The maximum Gasteiger partial charge on any atom is 0.266 e. The molecule has 1 atom stereocenters. The number of hydrogen-bond acceptors (Lipinski definition) is 7. The van der Waals surface area contributed by atoms with Gasteiger partial charge < -0.3 is 4.90 Å². The molecule has 0 N–H and O–H groups in total. The third-order valence-corrected chi connectivity index (χ3v) is 5.38. The van der Waals surface area contributed by atoms with Crippen LogP contribution < -0.4 is 10.5 Å². The van der Waals surface area contributed by atoms with Crippen molar-refractivity contribution in [1.29, 1.82) is 0 Å². The molecule has 0 amide bonds. The molecule has 0 spiro atoms. The van der Waals surface area contributed by atoms with Crippen molar-refractivity contribution in [2.75, 3.05) is 11.4 Å². The van der Waals surface area contributed by atoms with Crippen LogP contribution in [0.4, 0.5) is 5.82 Å². The summed E-state index contributed by atoms with van der Waals surface area (Å²) in [5.41, 5.74) is 2.39. The number of fused-ring (bicyclic) bond motifs is 1. The largest absolute Gasteiger partial charge is 0.351 e. The summed E-state index contributed by atoms with van der Waals surface area (Å²) in [7, 11) is 1.87. The molecule has 9 heteroatoms. The predicted octanol–water partition coefficient (Wildman–Crippen LogP) is 1.65. The van der Waals surface area contributed by atoms with E-state index in [-0.39, 0.29) is 11.6 Å². The highest BCUT2D eigenvalue weighted by molar-refractivity contribution is 5.86. The number of pyridine rings is 1. The molecule has 0 radical (unpaired) electrons. The third-order valence-electron chi connectivity index (χ3n) is 5.38. The predicted molar refractivity (Wildman–Crippen MR) is 108 cm³/mol. The average molecular weight is 388 g/mol. The molecule has 1 unspecified atom stereocenters. The number of aromatic nitrogens is 7. The van der Waals surface area contributed by atoms with Crippen molar-refractivity contribution >= 4 is 16.9 Å². The Hall–Kier alpha value is -3.62. The van der Waals surface area contributed by atoms with Crippen LogP contribution in [0.1, 0.15) is 12.8 Å². The van der Waals surface area contributed by atoms with Gasteiger partial charge in [0.25, 0.3) is 5.56 Å². The first-order valence-electron chi connectivity index (χ1n) is 9.58. The van der Waals surface area contributed by atoms with Gasteiger partial charge in [0.1, 0.15) is 12.1 Å².